The number of rotatable bonds is 10. The fraction of sp³-hybridized carbons (Fsp3) is 0.372. The van der Waals surface area contributed by atoms with Gasteiger partial charge in [0.1, 0.15) is 23.0 Å². The summed E-state index contributed by atoms with van der Waals surface area (Å²) < 4.78 is 14.4. The Morgan fingerprint density at radius 2 is 1.51 bits per heavy atom. The van der Waals surface area contributed by atoms with Crippen molar-refractivity contribution in [3.05, 3.63) is 134 Å². The summed E-state index contributed by atoms with van der Waals surface area (Å²) in [5.74, 6) is 1.70. The Morgan fingerprint density at radius 3 is 2.09 bits per heavy atom. The molecule has 0 bridgehead atoms. The summed E-state index contributed by atoms with van der Waals surface area (Å²) in [6, 6.07) is 25.1. The largest absolute Gasteiger partial charge is 0.456 e. The molecule has 0 aliphatic carbocycles. The quantitative estimate of drug-likeness (QED) is 0.0596. The molecule has 2 aromatic heterocycles. The predicted octanol–water partition coefficient (Wildman–Crippen LogP) is 10.3. The number of hydrogen-bond acceptors (Lipinski definition) is 9. The zero-order valence-electron chi connectivity index (χ0n) is 33.6. The molecule has 5 rings (SSSR count). The number of hydrogen-bond donors (Lipinski definition) is 0. The van der Waals surface area contributed by atoms with Crippen LogP contribution in [0.1, 0.15) is 101 Å². The normalized spacial score (nSPS) is 11.9. The van der Waals surface area contributed by atoms with Gasteiger partial charge in [0.2, 0.25) is 5.88 Å². The second kappa shape index (κ2) is 18.2. The second-order valence-electron chi connectivity index (χ2n) is 16.0. The minimum absolute atomic E-state index is 0.149. The number of halogens is 1. The van der Waals surface area contributed by atoms with Gasteiger partial charge in [-0.15, -0.1) is 11.8 Å². The van der Waals surface area contributed by atoms with Gasteiger partial charge in [-0.3, -0.25) is 4.79 Å². The first-order valence-corrected chi connectivity index (χ1v) is 19.3. The molecule has 0 radical (unpaired) electrons. The van der Waals surface area contributed by atoms with Gasteiger partial charge in [0.05, 0.1) is 39.7 Å². The van der Waals surface area contributed by atoms with Crippen LogP contribution in [0.2, 0.25) is 5.02 Å². The standard InChI is InChI=1S/C24H27N3O4.C19H25ClN2OS/c1-17-21(22(27(5)26-17)30-20-9-7-6-8-10-20)15-25-29-16-18-11-13-19(14-12-18)23(28)31-24(2,3)4;1-18(2,3)14-9-7-13(8-10-14)12-24-15-11-21-22(19(4,5)6)17(23)16(15)20/h6-15H,16H2,1-5H3;7-11H,12H2,1-6H3/b25-15+;. The van der Waals surface area contributed by atoms with Gasteiger partial charge >= 0.3 is 5.97 Å². The molecule has 0 atom stereocenters. The highest BCUT2D eigenvalue weighted by Gasteiger charge is 2.20. The number of benzene rings is 3. The van der Waals surface area contributed by atoms with Gasteiger partial charge in [0.25, 0.3) is 5.56 Å². The Balaban J connectivity index is 0.000000253. The number of oxime groups is 1. The summed E-state index contributed by atoms with van der Waals surface area (Å²) in [5, 5.41) is 13.0. The number of aromatic nitrogens is 4. The van der Waals surface area contributed by atoms with E-state index in [2.05, 4.69) is 60.4 Å². The van der Waals surface area contributed by atoms with Gasteiger partial charge in [-0.1, -0.05) is 92.1 Å². The van der Waals surface area contributed by atoms with Crippen LogP contribution in [-0.4, -0.2) is 37.3 Å². The molecule has 0 fully saturated rings. The van der Waals surface area contributed by atoms with E-state index in [0.717, 1.165) is 27.5 Å². The smallest absolute Gasteiger partial charge is 0.338 e. The third kappa shape index (κ3) is 12.6. The van der Waals surface area contributed by atoms with Gasteiger partial charge in [-0.25, -0.2) is 14.2 Å². The summed E-state index contributed by atoms with van der Waals surface area (Å²) in [4.78, 5) is 30.6. The molecule has 0 saturated heterocycles. The Morgan fingerprint density at radius 1 is 0.891 bits per heavy atom. The van der Waals surface area contributed by atoms with Crippen LogP contribution >= 0.6 is 23.4 Å². The minimum Gasteiger partial charge on any atom is -0.456 e. The Kier molecular flexibility index (Phi) is 14.2. The number of carbonyl (C=O) groups is 1. The molecule has 0 unspecified atom stereocenters. The zero-order chi connectivity index (χ0) is 40.6. The van der Waals surface area contributed by atoms with E-state index in [9.17, 15) is 9.59 Å². The molecule has 5 aromatic rings. The van der Waals surface area contributed by atoms with Gasteiger partial charge in [0, 0.05) is 12.8 Å². The van der Waals surface area contributed by atoms with E-state index in [0.29, 0.717) is 17.2 Å². The van der Waals surface area contributed by atoms with Crippen molar-refractivity contribution in [2.45, 2.75) is 103 Å². The van der Waals surface area contributed by atoms with Crippen LogP contribution in [0.5, 0.6) is 11.6 Å². The van der Waals surface area contributed by atoms with Crippen LogP contribution in [-0.2, 0) is 39.9 Å². The topological polar surface area (TPSA) is 110 Å². The van der Waals surface area contributed by atoms with Crippen LogP contribution in [0.3, 0.4) is 0 Å². The molecule has 10 nitrogen and oxygen atoms in total. The molecule has 0 spiro atoms. The Bertz CT molecular complexity index is 2120. The van der Waals surface area contributed by atoms with E-state index >= 15 is 0 Å². The first kappa shape index (κ1) is 42.9. The SMILES string of the molecule is CC(C)(C)c1ccc(CSc2cnn(C(C)(C)C)c(=O)c2Cl)cc1.Cc1nn(C)c(Oc2ccccc2)c1/C=N/OCc1ccc(C(=O)OC(C)(C)C)cc1. The molecule has 0 amide bonds. The molecule has 0 aliphatic heterocycles. The number of para-hydroxylation sites is 1. The maximum atomic E-state index is 12.4. The molecule has 2 heterocycles. The number of nitrogens with zero attached hydrogens (tertiary/aromatic N) is 5. The summed E-state index contributed by atoms with van der Waals surface area (Å²) in [6.07, 6.45) is 3.28. The lowest BCUT2D eigenvalue weighted by atomic mass is 9.87. The van der Waals surface area contributed by atoms with Crippen molar-refractivity contribution in [3.8, 4) is 11.6 Å². The maximum Gasteiger partial charge on any atom is 0.338 e. The molecule has 0 aliphatic rings. The Labute approximate surface area is 333 Å². The lowest BCUT2D eigenvalue weighted by Gasteiger charge is -2.21. The summed E-state index contributed by atoms with van der Waals surface area (Å²) in [7, 11) is 1.82. The van der Waals surface area contributed by atoms with Crippen LogP contribution < -0.4 is 10.3 Å². The fourth-order valence-electron chi connectivity index (χ4n) is 5.06. The minimum atomic E-state index is -0.527. The number of carbonyl (C=O) groups excluding carboxylic acids is 1. The average Bonchev–Trinajstić information content (AvgIpc) is 3.37. The third-order valence-electron chi connectivity index (χ3n) is 7.98. The van der Waals surface area contributed by atoms with E-state index in [-0.39, 0.29) is 34.1 Å². The number of ether oxygens (including phenoxy) is 2. The van der Waals surface area contributed by atoms with Crippen LogP contribution in [0.15, 0.2) is 99.9 Å². The Hall–Kier alpha value is -4.87. The van der Waals surface area contributed by atoms with E-state index in [1.54, 1.807) is 29.2 Å². The highest BCUT2D eigenvalue weighted by atomic mass is 35.5. The van der Waals surface area contributed by atoms with Crippen molar-refractivity contribution in [3.63, 3.8) is 0 Å². The van der Waals surface area contributed by atoms with Crippen molar-refractivity contribution in [1.29, 1.82) is 0 Å². The van der Waals surface area contributed by atoms with E-state index in [1.807, 2.05) is 98.0 Å². The van der Waals surface area contributed by atoms with Crippen molar-refractivity contribution >= 4 is 35.5 Å². The lowest BCUT2D eigenvalue weighted by molar-refractivity contribution is 0.00693. The summed E-state index contributed by atoms with van der Waals surface area (Å²) in [5.41, 5.74) is 4.41. The van der Waals surface area contributed by atoms with Crippen LogP contribution in [0.25, 0.3) is 0 Å². The van der Waals surface area contributed by atoms with Crippen LogP contribution in [0, 0.1) is 6.92 Å². The molecular formula is C43H52ClN5O5S. The highest BCUT2D eigenvalue weighted by molar-refractivity contribution is 7.98. The van der Waals surface area contributed by atoms with Crippen molar-refractivity contribution < 1.29 is 19.1 Å². The number of esters is 1. The van der Waals surface area contributed by atoms with Crippen LogP contribution in [0.4, 0.5) is 0 Å². The van der Waals surface area contributed by atoms with Gasteiger partial charge in [-0.05, 0) is 94.8 Å². The fourth-order valence-corrected chi connectivity index (χ4v) is 6.20. The van der Waals surface area contributed by atoms with Gasteiger partial charge in [0.15, 0.2) is 0 Å². The number of aryl methyl sites for hydroxylation is 2. The average molecular weight is 786 g/mol. The maximum absolute atomic E-state index is 12.4. The first-order valence-electron chi connectivity index (χ1n) is 18.0. The van der Waals surface area contributed by atoms with Crippen molar-refractivity contribution in [2.75, 3.05) is 0 Å². The third-order valence-corrected chi connectivity index (χ3v) is 9.56. The zero-order valence-corrected chi connectivity index (χ0v) is 35.2. The summed E-state index contributed by atoms with van der Waals surface area (Å²) >= 11 is 7.80. The molecule has 292 valence electrons. The molecule has 0 saturated carbocycles. The molecule has 3 aromatic carbocycles. The van der Waals surface area contributed by atoms with Crippen molar-refractivity contribution in [2.24, 2.45) is 12.2 Å². The van der Waals surface area contributed by atoms with Gasteiger partial charge < -0.3 is 14.3 Å². The second-order valence-corrected chi connectivity index (χ2v) is 17.4. The predicted molar refractivity (Wildman–Crippen MR) is 222 cm³/mol. The van der Waals surface area contributed by atoms with Crippen molar-refractivity contribution in [1.82, 2.24) is 19.6 Å². The van der Waals surface area contributed by atoms with Gasteiger partial charge in [-0.2, -0.15) is 10.2 Å². The molecule has 0 N–H and O–H groups in total. The van der Waals surface area contributed by atoms with E-state index in [4.69, 9.17) is 25.9 Å². The number of thioether (sulfide) groups is 1. The lowest BCUT2D eigenvalue weighted by Crippen LogP contribution is -2.36. The monoisotopic (exact) mass is 785 g/mol. The highest BCUT2D eigenvalue weighted by Crippen LogP contribution is 2.29. The molecule has 12 heteroatoms. The molecule has 55 heavy (non-hydrogen) atoms. The van der Waals surface area contributed by atoms with E-state index < -0.39 is 5.60 Å². The van der Waals surface area contributed by atoms with E-state index in [1.165, 1.54) is 27.6 Å². The first-order chi connectivity index (χ1) is 25.7. The summed E-state index contributed by atoms with van der Waals surface area (Å²) in [6.45, 7) is 20.1. The molecular weight excluding hydrogens is 734 g/mol.